The van der Waals surface area contributed by atoms with Crippen molar-refractivity contribution in [2.24, 2.45) is 0 Å². The third kappa shape index (κ3) is 2.45. The highest BCUT2D eigenvalue weighted by molar-refractivity contribution is 6.44. The predicted molar refractivity (Wildman–Crippen MR) is 87.3 cm³/mol. The van der Waals surface area contributed by atoms with E-state index in [1.54, 1.807) is 0 Å². The van der Waals surface area contributed by atoms with Crippen molar-refractivity contribution in [1.82, 2.24) is 0 Å². The van der Waals surface area contributed by atoms with E-state index < -0.39 is 0 Å². The van der Waals surface area contributed by atoms with E-state index in [4.69, 9.17) is 23.2 Å². The van der Waals surface area contributed by atoms with Crippen LogP contribution in [0.25, 0.3) is 22.3 Å². The highest BCUT2D eigenvalue weighted by atomic mass is 35.5. The Labute approximate surface area is 128 Å². The molecule has 0 aromatic heterocycles. The zero-order valence-electron chi connectivity index (χ0n) is 10.7. The molecular formula is C18H12Cl2. The van der Waals surface area contributed by atoms with Crippen LogP contribution in [0.1, 0.15) is 0 Å². The predicted octanol–water partition coefficient (Wildman–Crippen LogP) is 6.33. The molecule has 3 rings (SSSR count). The van der Waals surface area contributed by atoms with Crippen LogP contribution in [0.15, 0.2) is 72.8 Å². The SMILES string of the molecule is Clc1ccc(-c2ccccc2)c(-c2ccccc2)c1Cl. The maximum atomic E-state index is 6.45. The van der Waals surface area contributed by atoms with Crippen LogP contribution in [0.3, 0.4) is 0 Å². The van der Waals surface area contributed by atoms with Gasteiger partial charge in [-0.05, 0) is 22.8 Å². The Morgan fingerprint density at radius 2 is 1.10 bits per heavy atom. The second kappa shape index (κ2) is 5.70. The van der Waals surface area contributed by atoms with Crippen LogP contribution in [0.5, 0.6) is 0 Å². The topological polar surface area (TPSA) is 0 Å². The lowest BCUT2D eigenvalue weighted by molar-refractivity contribution is 1.58. The maximum absolute atomic E-state index is 6.45. The fraction of sp³-hybridized carbons (Fsp3) is 0. The molecule has 0 atom stereocenters. The van der Waals surface area contributed by atoms with Gasteiger partial charge in [0.05, 0.1) is 10.0 Å². The van der Waals surface area contributed by atoms with Gasteiger partial charge in [-0.15, -0.1) is 0 Å². The molecule has 0 saturated carbocycles. The molecule has 3 aromatic rings. The molecule has 0 saturated heterocycles. The van der Waals surface area contributed by atoms with Crippen molar-refractivity contribution in [2.75, 3.05) is 0 Å². The first kappa shape index (κ1) is 13.2. The van der Waals surface area contributed by atoms with Crippen molar-refractivity contribution in [2.45, 2.75) is 0 Å². The Bertz CT molecular complexity index is 719. The molecule has 0 fully saturated rings. The van der Waals surface area contributed by atoms with E-state index in [2.05, 4.69) is 12.1 Å². The van der Waals surface area contributed by atoms with Gasteiger partial charge in [-0.2, -0.15) is 0 Å². The third-order valence-electron chi connectivity index (χ3n) is 3.24. The normalized spacial score (nSPS) is 10.5. The summed E-state index contributed by atoms with van der Waals surface area (Å²) in [7, 11) is 0. The van der Waals surface area contributed by atoms with Crippen LogP contribution in [-0.2, 0) is 0 Å². The fourth-order valence-electron chi connectivity index (χ4n) is 2.30. The summed E-state index contributed by atoms with van der Waals surface area (Å²) >= 11 is 12.6. The molecule has 0 bridgehead atoms. The van der Waals surface area contributed by atoms with Gasteiger partial charge in [-0.25, -0.2) is 0 Å². The Morgan fingerprint density at radius 1 is 0.550 bits per heavy atom. The molecule has 0 radical (unpaired) electrons. The summed E-state index contributed by atoms with van der Waals surface area (Å²) in [6.45, 7) is 0. The van der Waals surface area contributed by atoms with Crippen molar-refractivity contribution in [1.29, 1.82) is 0 Å². The number of benzene rings is 3. The standard InChI is InChI=1S/C18H12Cl2/c19-16-12-11-15(13-7-3-1-4-8-13)17(18(16)20)14-9-5-2-6-10-14/h1-12H. The maximum Gasteiger partial charge on any atom is 0.0676 e. The van der Waals surface area contributed by atoms with Crippen LogP contribution in [0, 0.1) is 0 Å². The van der Waals surface area contributed by atoms with Gasteiger partial charge in [0.1, 0.15) is 0 Å². The van der Waals surface area contributed by atoms with Crippen LogP contribution in [0.2, 0.25) is 10.0 Å². The van der Waals surface area contributed by atoms with Gasteiger partial charge in [-0.3, -0.25) is 0 Å². The van der Waals surface area contributed by atoms with E-state index in [1.165, 1.54) is 0 Å². The minimum atomic E-state index is 0.574. The number of hydrogen-bond donors (Lipinski definition) is 0. The first-order valence-electron chi connectivity index (χ1n) is 6.36. The molecule has 0 heterocycles. The molecule has 0 aliphatic carbocycles. The van der Waals surface area contributed by atoms with E-state index in [0.717, 1.165) is 22.3 Å². The van der Waals surface area contributed by atoms with Gasteiger partial charge < -0.3 is 0 Å². The molecule has 0 spiro atoms. The van der Waals surface area contributed by atoms with Crippen molar-refractivity contribution in [3.63, 3.8) is 0 Å². The quantitative estimate of drug-likeness (QED) is 0.519. The molecular weight excluding hydrogens is 287 g/mol. The van der Waals surface area contributed by atoms with Gasteiger partial charge in [0.25, 0.3) is 0 Å². The number of halogens is 2. The second-order valence-corrected chi connectivity index (χ2v) is 5.30. The number of rotatable bonds is 2. The molecule has 2 heteroatoms. The summed E-state index contributed by atoms with van der Waals surface area (Å²) in [5, 5.41) is 1.17. The van der Waals surface area contributed by atoms with Crippen LogP contribution in [0.4, 0.5) is 0 Å². The Kier molecular flexibility index (Phi) is 3.77. The van der Waals surface area contributed by atoms with Gasteiger partial charge >= 0.3 is 0 Å². The van der Waals surface area contributed by atoms with Gasteiger partial charge in [0.15, 0.2) is 0 Å². The van der Waals surface area contributed by atoms with Gasteiger partial charge in [-0.1, -0.05) is 89.9 Å². The molecule has 0 nitrogen and oxygen atoms in total. The van der Waals surface area contributed by atoms with Crippen molar-refractivity contribution in [3.8, 4) is 22.3 Å². The zero-order valence-corrected chi connectivity index (χ0v) is 12.2. The van der Waals surface area contributed by atoms with E-state index in [1.807, 2.05) is 60.7 Å². The Morgan fingerprint density at radius 3 is 1.70 bits per heavy atom. The molecule has 0 N–H and O–H groups in total. The van der Waals surface area contributed by atoms with Crippen LogP contribution < -0.4 is 0 Å². The van der Waals surface area contributed by atoms with E-state index in [-0.39, 0.29) is 0 Å². The van der Waals surface area contributed by atoms with E-state index >= 15 is 0 Å². The fourth-order valence-corrected chi connectivity index (χ4v) is 2.73. The smallest absolute Gasteiger partial charge is 0.0676 e. The van der Waals surface area contributed by atoms with Gasteiger partial charge in [0, 0.05) is 5.56 Å². The summed E-state index contributed by atoms with van der Waals surface area (Å²) < 4.78 is 0. The summed E-state index contributed by atoms with van der Waals surface area (Å²) in [4.78, 5) is 0. The van der Waals surface area contributed by atoms with Crippen molar-refractivity contribution in [3.05, 3.63) is 82.8 Å². The minimum Gasteiger partial charge on any atom is -0.0827 e. The second-order valence-electron chi connectivity index (χ2n) is 4.52. The first-order valence-corrected chi connectivity index (χ1v) is 7.12. The summed E-state index contributed by atoms with van der Waals surface area (Å²) in [5.41, 5.74) is 4.26. The summed E-state index contributed by atoms with van der Waals surface area (Å²) in [5.74, 6) is 0. The average Bonchev–Trinajstić information content (AvgIpc) is 2.51. The average molecular weight is 299 g/mol. The lowest BCUT2D eigenvalue weighted by Crippen LogP contribution is -1.87. The molecule has 0 aliphatic heterocycles. The minimum absolute atomic E-state index is 0.574. The lowest BCUT2D eigenvalue weighted by atomic mass is 9.94. The summed E-state index contributed by atoms with van der Waals surface area (Å²) in [6, 6.07) is 24.1. The first-order chi connectivity index (χ1) is 9.77. The Balaban J connectivity index is 2.29. The van der Waals surface area contributed by atoms with Crippen LogP contribution in [-0.4, -0.2) is 0 Å². The highest BCUT2D eigenvalue weighted by Crippen LogP contribution is 2.41. The zero-order chi connectivity index (χ0) is 13.9. The summed E-state index contributed by atoms with van der Waals surface area (Å²) in [6.07, 6.45) is 0. The largest absolute Gasteiger partial charge is 0.0827 e. The molecule has 0 aliphatic rings. The van der Waals surface area contributed by atoms with Crippen molar-refractivity contribution >= 4 is 23.2 Å². The molecule has 0 unspecified atom stereocenters. The molecule has 98 valence electrons. The monoisotopic (exact) mass is 298 g/mol. The van der Waals surface area contributed by atoms with E-state index in [9.17, 15) is 0 Å². The molecule has 3 aromatic carbocycles. The molecule has 20 heavy (non-hydrogen) atoms. The van der Waals surface area contributed by atoms with Crippen LogP contribution >= 0.6 is 23.2 Å². The lowest BCUT2D eigenvalue weighted by Gasteiger charge is -2.13. The van der Waals surface area contributed by atoms with Gasteiger partial charge in [0.2, 0.25) is 0 Å². The van der Waals surface area contributed by atoms with E-state index in [0.29, 0.717) is 10.0 Å². The highest BCUT2D eigenvalue weighted by Gasteiger charge is 2.13. The van der Waals surface area contributed by atoms with Crippen molar-refractivity contribution < 1.29 is 0 Å². The number of hydrogen-bond acceptors (Lipinski definition) is 0. The Hall–Kier alpha value is -1.76. The third-order valence-corrected chi connectivity index (χ3v) is 4.05. The molecule has 0 amide bonds.